The van der Waals surface area contributed by atoms with Gasteiger partial charge in [-0.1, -0.05) is 25.5 Å². The molecule has 0 bridgehead atoms. The number of ether oxygens (including phenoxy) is 1. The van der Waals surface area contributed by atoms with E-state index < -0.39 is 0 Å². The number of hydrogen-bond acceptors (Lipinski definition) is 3. The van der Waals surface area contributed by atoms with Gasteiger partial charge in [-0.25, -0.2) is 0 Å². The first kappa shape index (κ1) is 14.1. The molecule has 0 aliphatic carbocycles. The molecule has 1 aliphatic heterocycles. The van der Waals surface area contributed by atoms with Gasteiger partial charge in [-0.05, 0) is 38.1 Å². The summed E-state index contributed by atoms with van der Waals surface area (Å²) in [6.45, 7) is 5.94. The van der Waals surface area contributed by atoms with Gasteiger partial charge in [0.25, 0.3) is 0 Å². The minimum Gasteiger partial charge on any atom is -0.492 e. The van der Waals surface area contributed by atoms with Crippen molar-refractivity contribution in [1.29, 1.82) is 0 Å². The third-order valence-electron chi connectivity index (χ3n) is 3.60. The lowest BCUT2D eigenvalue weighted by molar-refractivity contribution is 0.0987. The van der Waals surface area contributed by atoms with Crippen molar-refractivity contribution in [3.05, 3.63) is 29.8 Å². The number of piperidine rings is 1. The summed E-state index contributed by atoms with van der Waals surface area (Å²) in [6, 6.07) is 7.51. The van der Waals surface area contributed by atoms with Crippen LogP contribution in [0.5, 0.6) is 5.75 Å². The van der Waals surface area contributed by atoms with Crippen molar-refractivity contribution in [2.24, 2.45) is 0 Å². The number of nitrogens with zero attached hydrogens (tertiary/aromatic N) is 1. The van der Waals surface area contributed by atoms with Gasteiger partial charge >= 0.3 is 0 Å². The zero-order chi connectivity index (χ0) is 13.5. The SMILES string of the molecule is CCC(=O)c1cccc(OCCN2CCCCC2)c1. The second kappa shape index (κ2) is 7.29. The summed E-state index contributed by atoms with van der Waals surface area (Å²) >= 11 is 0. The molecule has 1 saturated heterocycles. The van der Waals surface area contributed by atoms with E-state index in [1.165, 1.54) is 32.4 Å². The maximum atomic E-state index is 11.6. The smallest absolute Gasteiger partial charge is 0.162 e. The predicted octanol–water partition coefficient (Wildman–Crippen LogP) is 3.14. The fraction of sp³-hybridized carbons (Fsp3) is 0.562. The van der Waals surface area contributed by atoms with Gasteiger partial charge in [-0.15, -0.1) is 0 Å². The Morgan fingerprint density at radius 2 is 2.05 bits per heavy atom. The van der Waals surface area contributed by atoms with Crippen LogP contribution in [0.15, 0.2) is 24.3 Å². The van der Waals surface area contributed by atoms with Crippen LogP contribution in [-0.2, 0) is 0 Å². The van der Waals surface area contributed by atoms with Crippen LogP contribution in [-0.4, -0.2) is 36.9 Å². The Morgan fingerprint density at radius 3 is 2.79 bits per heavy atom. The molecule has 3 nitrogen and oxygen atoms in total. The van der Waals surface area contributed by atoms with E-state index >= 15 is 0 Å². The van der Waals surface area contributed by atoms with Crippen LogP contribution in [0.2, 0.25) is 0 Å². The molecular formula is C16H23NO2. The normalized spacial score (nSPS) is 16.3. The number of likely N-dealkylation sites (tertiary alicyclic amines) is 1. The average molecular weight is 261 g/mol. The fourth-order valence-corrected chi connectivity index (χ4v) is 2.44. The first-order valence-corrected chi connectivity index (χ1v) is 7.28. The van der Waals surface area contributed by atoms with E-state index in [1.807, 2.05) is 31.2 Å². The van der Waals surface area contributed by atoms with Crippen molar-refractivity contribution >= 4 is 5.78 Å². The Labute approximate surface area is 115 Å². The number of ketones is 1. The Hall–Kier alpha value is -1.35. The number of carbonyl (C=O) groups excluding carboxylic acids is 1. The van der Waals surface area contributed by atoms with Crippen molar-refractivity contribution in [2.75, 3.05) is 26.2 Å². The minimum atomic E-state index is 0.168. The lowest BCUT2D eigenvalue weighted by atomic mass is 10.1. The molecule has 104 valence electrons. The van der Waals surface area contributed by atoms with Crippen molar-refractivity contribution in [3.63, 3.8) is 0 Å². The van der Waals surface area contributed by atoms with Gasteiger partial charge in [-0.2, -0.15) is 0 Å². The third kappa shape index (κ3) is 4.35. The van der Waals surface area contributed by atoms with Gasteiger partial charge in [0.1, 0.15) is 12.4 Å². The quantitative estimate of drug-likeness (QED) is 0.737. The molecule has 0 saturated carbocycles. The highest BCUT2D eigenvalue weighted by atomic mass is 16.5. The molecule has 1 aromatic carbocycles. The molecule has 1 aromatic rings. The molecule has 1 fully saturated rings. The van der Waals surface area contributed by atoms with Gasteiger partial charge in [-0.3, -0.25) is 9.69 Å². The first-order valence-electron chi connectivity index (χ1n) is 7.28. The van der Waals surface area contributed by atoms with E-state index in [-0.39, 0.29) is 5.78 Å². The summed E-state index contributed by atoms with van der Waals surface area (Å²) in [5.74, 6) is 0.970. The van der Waals surface area contributed by atoms with E-state index in [4.69, 9.17) is 4.74 Å². The number of benzene rings is 1. The maximum Gasteiger partial charge on any atom is 0.162 e. The Morgan fingerprint density at radius 1 is 1.26 bits per heavy atom. The number of rotatable bonds is 6. The molecule has 0 atom stereocenters. The Balaban J connectivity index is 1.80. The molecule has 0 N–H and O–H groups in total. The van der Waals surface area contributed by atoms with Crippen LogP contribution in [0.3, 0.4) is 0 Å². The second-order valence-corrected chi connectivity index (χ2v) is 5.06. The fourth-order valence-electron chi connectivity index (χ4n) is 2.44. The molecule has 2 rings (SSSR count). The first-order chi connectivity index (χ1) is 9.29. The summed E-state index contributed by atoms with van der Waals surface area (Å²) in [5, 5.41) is 0. The molecule has 0 amide bonds. The van der Waals surface area contributed by atoms with Crippen LogP contribution in [0.25, 0.3) is 0 Å². The van der Waals surface area contributed by atoms with E-state index in [9.17, 15) is 4.79 Å². The van der Waals surface area contributed by atoms with Crippen molar-refractivity contribution < 1.29 is 9.53 Å². The predicted molar refractivity (Wildman–Crippen MR) is 76.8 cm³/mol. The summed E-state index contributed by atoms with van der Waals surface area (Å²) in [6.07, 6.45) is 4.51. The zero-order valence-corrected chi connectivity index (χ0v) is 11.7. The third-order valence-corrected chi connectivity index (χ3v) is 3.60. The number of Topliss-reactive ketones (excluding diaryl/α,β-unsaturated/α-hetero) is 1. The van der Waals surface area contributed by atoms with Gasteiger partial charge in [0.15, 0.2) is 5.78 Å². The highest BCUT2D eigenvalue weighted by Crippen LogP contribution is 2.15. The van der Waals surface area contributed by atoms with E-state index in [0.717, 1.165) is 17.9 Å². The van der Waals surface area contributed by atoms with E-state index in [2.05, 4.69) is 4.90 Å². The molecule has 0 radical (unpaired) electrons. The summed E-state index contributed by atoms with van der Waals surface area (Å²) < 4.78 is 5.75. The van der Waals surface area contributed by atoms with Crippen LogP contribution in [0.1, 0.15) is 43.0 Å². The average Bonchev–Trinajstić information content (AvgIpc) is 2.48. The van der Waals surface area contributed by atoms with Crippen molar-refractivity contribution in [1.82, 2.24) is 4.90 Å². The molecule has 3 heteroatoms. The van der Waals surface area contributed by atoms with E-state index in [1.54, 1.807) is 0 Å². The van der Waals surface area contributed by atoms with Gasteiger partial charge < -0.3 is 4.74 Å². The standard InChI is InChI=1S/C16H23NO2/c1-2-16(18)14-7-6-8-15(13-14)19-12-11-17-9-4-3-5-10-17/h6-8,13H,2-5,9-12H2,1H3. The van der Waals surface area contributed by atoms with Crippen LogP contribution in [0, 0.1) is 0 Å². The minimum absolute atomic E-state index is 0.168. The maximum absolute atomic E-state index is 11.6. The highest BCUT2D eigenvalue weighted by molar-refractivity contribution is 5.96. The summed E-state index contributed by atoms with van der Waals surface area (Å²) in [5.41, 5.74) is 0.748. The molecule has 1 heterocycles. The van der Waals surface area contributed by atoms with Crippen LogP contribution < -0.4 is 4.74 Å². The summed E-state index contributed by atoms with van der Waals surface area (Å²) in [4.78, 5) is 14.1. The Bertz CT molecular complexity index is 411. The van der Waals surface area contributed by atoms with Crippen molar-refractivity contribution in [3.8, 4) is 5.75 Å². The largest absolute Gasteiger partial charge is 0.492 e. The second-order valence-electron chi connectivity index (χ2n) is 5.06. The van der Waals surface area contributed by atoms with Crippen LogP contribution in [0.4, 0.5) is 0 Å². The Kier molecular flexibility index (Phi) is 5.40. The van der Waals surface area contributed by atoms with Gasteiger partial charge in [0.05, 0.1) is 0 Å². The van der Waals surface area contributed by atoms with Gasteiger partial charge in [0, 0.05) is 18.5 Å². The number of carbonyl (C=O) groups is 1. The van der Waals surface area contributed by atoms with E-state index in [0.29, 0.717) is 13.0 Å². The lowest BCUT2D eigenvalue weighted by Crippen LogP contribution is -2.33. The highest BCUT2D eigenvalue weighted by Gasteiger charge is 2.09. The van der Waals surface area contributed by atoms with Gasteiger partial charge in [0.2, 0.25) is 0 Å². The molecular weight excluding hydrogens is 238 g/mol. The molecule has 19 heavy (non-hydrogen) atoms. The van der Waals surface area contributed by atoms with Crippen LogP contribution >= 0.6 is 0 Å². The van der Waals surface area contributed by atoms with Crippen molar-refractivity contribution in [2.45, 2.75) is 32.6 Å². The summed E-state index contributed by atoms with van der Waals surface area (Å²) in [7, 11) is 0. The number of hydrogen-bond donors (Lipinski definition) is 0. The monoisotopic (exact) mass is 261 g/mol. The lowest BCUT2D eigenvalue weighted by Gasteiger charge is -2.26. The molecule has 0 unspecified atom stereocenters. The molecule has 0 aromatic heterocycles. The zero-order valence-electron chi connectivity index (χ0n) is 11.7. The molecule has 1 aliphatic rings. The molecule has 0 spiro atoms. The topological polar surface area (TPSA) is 29.5 Å².